The van der Waals surface area contributed by atoms with Gasteiger partial charge in [-0.25, -0.2) is 4.98 Å². The number of alkyl halides is 8. The van der Waals surface area contributed by atoms with Gasteiger partial charge in [-0.2, -0.15) is 35.1 Å². The summed E-state index contributed by atoms with van der Waals surface area (Å²) >= 11 is 0. The van der Waals surface area contributed by atoms with Crippen LogP contribution < -0.4 is 9.30 Å². The largest absolute Gasteiger partial charge is 0.458 e. The van der Waals surface area contributed by atoms with E-state index in [2.05, 4.69) is 117 Å². The van der Waals surface area contributed by atoms with Gasteiger partial charge in [0, 0.05) is 34.2 Å². The van der Waals surface area contributed by atoms with Gasteiger partial charge in [0.2, 0.25) is 0 Å². The number of imidazole rings is 1. The Hall–Kier alpha value is -7.80. The topological polar surface area (TPSA) is 35.9 Å². The zero-order chi connectivity index (χ0) is 60.6. The van der Waals surface area contributed by atoms with E-state index in [-0.39, 0.29) is 49.5 Å². The monoisotopic (exact) mass is 1150 g/mol. The molecule has 85 heavy (non-hydrogen) atoms. The molecule has 13 rings (SSSR count). The molecule has 0 radical (unpaired) electrons. The summed E-state index contributed by atoms with van der Waals surface area (Å²) < 4.78 is 139. The highest BCUT2D eigenvalue weighted by Crippen LogP contribution is 2.65. The van der Waals surface area contributed by atoms with Gasteiger partial charge in [-0.05, 0) is 163 Å². The van der Waals surface area contributed by atoms with Crippen molar-refractivity contribution in [3.05, 3.63) is 197 Å². The summed E-state index contributed by atoms with van der Waals surface area (Å²) in [5.74, 6) is -23.1. The smallest absolute Gasteiger partial charge is 0.382 e. The van der Waals surface area contributed by atoms with Crippen molar-refractivity contribution in [1.82, 2.24) is 14.1 Å². The van der Waals surface area contributed by atoms with Crippen LogP contribution in [0.15, 0.2) is 152 Å². The summed E-state index contributed by atoms with van der Waals surface area (Å²) in [6, 6.07) is 43.5. The number of aromatic nitrogens is 4. The maximum absolute atomic E-state index is 16.5. The molecule has 3 aromatic heterocycles. The van der Waals surface area contributed by atoms with E-state index in [4.69, 9.17) is 9.72 Å². The molecule has 13 heteroatoms. The zero-order valence-corrected chi connectivity index (χ0v) is 49.5. The summed E-state index contributed by atoms with van der Waals surface area (Å²) in [5.41, 5.74) is 5.30. The lowest BCUT2D eigenvalue weighted by Gasteiger charge is -2.43. The molecule has 0 saturated heterocycles. The molecule has 10 aromatic rings. The molecule has 0 unspecified atom stereocenters. The van der Waals surface area contributed by atoms with E-state index in [1.165, 1.54) is 20.3 Å². The van der Waals surface area contributed by atoms with Crippen LogP contribution in [-0.4, -0.2) is 26.0 Å². The highest BCUT2D eigenvalue weighted by molar-refractivity contribution is 6.09. The molecule has 3 aliphatic rings. The van der Waals surface area contributed by atoms with Crippen molar-refractivity contribution >= 4 is 32.8 Å². The molecule has 5 nitrogen and oxygen atoms in total. The number of rotatable bonds is 7. The maximum atomic E-state index is 16.5. The standard InChI is InChI=1S/C72H66F8N4O/c1-64(2,3)44-28-33-81-62(36-44)84-58-21-13-12-18-50(58)51-25-24-47(38-59(51)84)85-46-17-14-16-45(37-46)82-41-83(61-40-57-56(39-60(61)82)69(73,74)71(77,78)72(79,80)70(57,75)76)63-48(42-22-26-52-54(34-42)67(8,9)31-29-65(52,4)5)19-15-20-49(63)43-23-27-53-55(35-43)68(10,11)32-30-66(53,6)7/h12-28,33-40H,29-32H2,1-11H3. The number of halogens is 8. The molecule has 0 N–H and O–H groups in total. The Balaban J connectivity index is 1.05. The fraction of sp³-hybridized carbons (Fsp3) is 0.333. The van der Waals surface area contributed by atoms with E-state index in [1.54, 1.807) is 30.5 Å². The van der Waals surface area contributed by atoms with Crippen molar-refractivity contribution in [3.8, 4) is 50.9 Å². The van der Waals surface area contributed by atoms with Crippen molar-refractivity contribution in [2.45, 2.75) is 153 Å². The van der Waals surface area contributed by atoms with E-state index < -0.39 is 34.8 Å². The van der Waals surface area contributed by atoms with Crippen LogP contribution in [0.2, 0.25) is 0 Å². The van der Waals surface area contributed by atoms with Crippen LogP contribution >= 0.6 is 0 Å². The van der Waals surface area contributed by atoms with Gasteiger partial charge >= 0.3 is 23.7 Å². The van der Waals surface area contributed by atoms with E-state index in [0.717, 1.165) is 75.3 Å². The molecule has 0 spiro atoms. The van der Waals surface area contributed by atoms with Crippen molar-refractivity contribution in [3.63, 3.8) is 0 Å². The summed E-state index contributed by atoms with van der Waals surface area (Å²) in [6.45, 7) is 24.1. The Kier molecular flexibility index (Phi) is 12.2. The molecule has 0 amide bonds. The number of para-hydroxylation sites is 2. The molecule has 0 bridgehead atoms. The summed E-state index contributed by atoms with van der Waals surface area (Å²) in [4.78, 5) is 4.81. The second-order valence-corrected chi connectivity index (χ2v) is 27.5. The van der Waals surface area contributed by atoms with Gasteiger partial charge in [0.1, 0.15) is 17.3 Å². The maximum Gasteiger partial charge on any atom is 0.382 e. The molecular weight excluding hydrogens is 1090 g/mol. The fourth-order valence-electron chi connectivity index (χ4n) is 13.6. The van der Waals surface area contributed by atoms with Crippen molar-refractivity contribution in [2.75, 3.05) is 0 Å². The van der Waals surface area contributed by atoms with Crippen LogP contribution in [0.4, 0.5) is 35.1 Å². The number of benzene rings is 7. The van der Waals surface area contributed by atoms with E-state index in [0.29, 0.717) is 40.5 Å². The lowest BCUT2D eigenvalue weighted by Crippen LogP contribution is -2.63. The van der Waals surface area contributed by atoms with E-state index >= 15 is 35.1 Å². The predicted octanol–water partition coefficient (Wildman–Crippen LogP) is 19.8. The van der Waals surface area contributed by atoms with Crippen LogP contribution in [0.25, 0.3) is 72.3 Å². The molecule has 7 aromatic carbocycles. The normalized spacial score (nSPS) is 19.3. The number of ether oxygens (including phenoxy) is 1. The minimum Gasteiger partial charge on any atom is -0.458 e. The first kappa shape index (κ1) is 56.3. The Morgan fingerprint density at radius 3 is 1.60 bits per heavy atom. The first-order valence-electron chi connectivity index (χ1n) is 29.0. The van der Waals surface area contributed by atoms with Crippen molar-refractivity contribution < 1.29 is 44.4 Å². The SMILES string of the molecule is CC(C)(C)c1ccnc(-n2c3ccccc3c3ccc(Oc4cccc(-n5[c-][n+](-c6c(-c7ccc8c(c7)C(C)(C)CCC8(C)C)cccc6-c6ccc7c(c6)C(C)(C)CCC7(C)C)c6cc7c(cc65)C(F)(F)C(F)(F)C(F)(F)C7(F)F)c4)cc32)c1. The minimum atomic E-state index is -6.48. The quantitative estimate of drug-likeness (QED) is 0.0906. The number of hydrogen-bond acceptors (Lipinski definition) is 2. The summed E-state index contributed by atoms with van der Waals surface area (Å²) in [5, 5.41) is 1.94. The Labute approximate surface area is 489 Å². The van der Waals surface area contributed by atoms with Gasteiger partial charge in [-0.3, -0.25) is 13.7 Å². The van der Waals surface area contributed by atoms with Gasteiger partial charge in [-0.1, -0.05) is 155 Å². The van der Waals surface area contributed by atoms with Crippen LogP contribution in [0.1, 0.15) is 141 Å². The number of fused-ring (bicyclic) bond motifs is 7. The van der Waals surface area contributed by atoms with Crippen LogP contribution in [0.3, 0.4) is 0 Å². The first-order valence-corrected chi connectivity index (χ1v) is 29.0. The Morgan fingerprint density at radius 1 is 0.482 bits per heavy atom. The second-order valence-electron chi connectivity index (χ2n) is 27.5. The second kappa shape index (κ2) is 18.4. The van der Waals surface area contributed by atoms with Gasteiger partial charge in [0.15, 0.2) is 0 Å². The first-order chi connectivity index (χ1) is 39.7. The van der Waals surface area contributed by atoms with Crippen LogP contribution in [-0.2, 0) is 38.9 Å². The number of pyridine rings is 1. The molecule has 3 aliphatic carbocycles. The number of nitrogens with zero attached hydrogens (tertiary/aromatic N) is 4. The third-order valence-corrected chi connectivity index (χ3v) is 19.0. The van der Waals surface area contributed by atoms with Crippen LogP contribution in [0, 0.1) is 6.33 Å². The van der Waals surface area contributed by atoms with E-state index in [1.807, 2.05) is 78.9 Å². The third kappa shape index (κ3) is 8.42. The minimum absolute atomic E-state index is 0.153. The van der Waals surface area contributed by atoms with Gasteiger partial charge in [0.25, 0.3) is 6.33 Å². The lowest BCUT2D eigenvalue weighted by molar-refractivity contribution is -0.571. The highest BCUT2D eigenvalue weighted by atomic mass is 19.4. The van der Waals surface area contributed by atoms with Crippen molar-refractivity contribution in [2.24, 2.45) is 0 Å². The predicted molar refractivity (Wildman–Crippen MR) is 320 cm³/mol. The molecular formula is C72H66F8N4O. The lowest BCUT2D eigenvalue weighted by atomic mass is 9.62. The van der Waals surface area contributed by atoms with Crippen LogP contribution in [0.5, 0.6) is 11.5 Å². The summed E-state index contributed by atoms with van der Waals surface area (Å²) in [6.07, 6.45) is 8.83. The highest BCUT2D eigenvalue weighted by Gasteiger charge is 2.85. The average Bonchev–Trinajstić information content (AvgIpc) is 1.58. The molecule has 3 heterocycles. The van der Waals surface area contributed by atoms with Gasteiger partial charge in [-0.15, -0.1) is 0 Å². The molecule has 0 fully saturated rings. The zero-order valence-electron chi connectivity index (χ0n) is 49.5. The molecule has 0 atom stereocenters. The molecule has 0 aliphatic heterocycles. The fourth-order valence-corrected chi connectivity index (χ4v) is 13.6. The van der Waals surface area contributed by atoms with E-state index in [9.17, 15) is 0 Å². The number of hydrogen-bond donors (Lipinski definition) is 0. The Morgan fingerprint density at radius 2 is 1.01 bits per heavy atom. The average molecular weight is 1160 g/mol. The molecule has 436 valence electrons. The molecule has 0 saturated carbocycles. The third-order valence-electron chi connectivity index (χ3n) is 19.0. The van der Waals surface area contributed by atoms with Gasteiger partial charge in [0.05, 0.1) is 33.4 Å². The van der Waals surface area contributed by atoms with Crippen molar-refractivity contribution in [1.29, 1.82) is 0 Å². The Bertz CT molecular complexity index is 4320. The summed E-state index contributed by atoms with van der Waals surface area (Å²) in [7, 11) is 0. The van der Waals surface area contributed by atoms with Gasteiger partial charge < -0.3 is 4.74 Å².